The Kier molecular flexibility index (Phi) is 5.47. The second kappa shape index (κ2) is 6.87. The van der Waals surface area contributed by atoms with Crippen molar-refractivity contribution in [1.29, 1.82) is 0 Å². The van der Waals surface area contributed by atoms with E-state index in [0.29, 0.717) is 12.4 Å². The smallest absolute Gasteiger partial charge is 0.358 e. The maximum absolute atomic E-state index is 11.3. The fourth-order valence-corrected chi connectivity index (χ4v) is 1.40. The Bertz CT molecular complexity index is 400. The highest BCUT2D eigenvalue weighted by atomic mass is 16.5. The van der Waals surface area contributed by atoms with Crippen molar-refractivity contribution in [3.8, 4) is 0 Å². The molecule has 0 radical (unpaired) electrons. The molecule has 1 atom stereocenters. The third kappa shape index (κ3) is 3.94. The van der Waals surface area contributed by atoms with Crippen molar-refractivity contribution in [3.63, 3.8) is 0 Å². The van der Waals surface area contributed by atoms with Crippen LogP contribution in [-0.2, 0) is 9.47 Å². The van der Waals surface area contributed by atoms with Gasteiger partial charge in [0, 0.05) is 20.7 Å². The van der Waals surface area contributed by atoms with Gasteiger partial charge in [0.1, 0.15) is 5.82 Å². The van der Waals surface area contributed by atoms with Crippen LogP contribution in [0.5, 0.6) is 0 Å². The molecule has 0 aromatic carbocycles. The number of rotatable bonds is 6. The standard InChI is InChI=1S/C11H17N3O4/c1-14(6-8(15)7-17-2)10-5-12-4-9(13-10)11(16)18-3/h4-5,8,15H,6-7H2,1-3H3. The first-order valence-electron chi connectivity index (χ1n) is 5.37. The molecule has 1 N–H and O–H groups in total. The molecule has 0 saturated carbocycles. The summed E-state index contributed by atoms with van der Waals surface area (Å²) < 4.78 is 9.39. The first kappa shape index (κ1) is 14.3. The van der Waals surface area contributed by atoms with E-state index in [-0.39, 0.29) is 12.3 Å². The van der Waals surface area contributed by atoms with Gasteiger partial charge in [0.2, 0.25) is 0 Å². The van der Waals surface area contributed by atoms with Gasteiger partial charge in [0.25, 0.3) is 0 Å². The number of carbonyl (C=O) groups is 1. The number of aliphatic hydroxyl groups is 1. The highest BCUT2D eigenvalue weighted by molar-refractivity contribution is 5.87. The lowest BCUT2D eigenvalue weighted by atomic mass is 10.3. The van der Waals surface area contributed by atoms with E-state index in [1.165, 1.54) is 26.6 Å². The number of methoxy groups -OCH3 is 2. The first-order valence-corrected chi connectivity index (χ1v) is 5.37. The molecule has 0 aliphatic rings. The second-order valence-corrected chi connectivity index (χ2v) is 3.74. The summed E-state index contributed by atoms with van der Waals surface area (Å²) in [5.74, 6) is -0.0664. The van der Waals surface area contributed by atoms with Gasteiger partial charge in [0.05, 0.1) is 32.2 Å². The van der Waals surface area contributed by atoms with Crippen LogP contribution in [0.1, 0.15) is 10.5 Å². The number of aromatic nitrogens is 2. The minimum absolute atomic E-state index is 0.128. The van der Waals surface area contributed by atoms with E-state index in [1.54, 1.807) is 11.9 Å². The molecule has 18 heavy (non-hydrogen) atoms. The summed E-state index contributed by atoms with van der Waals surface area (Å²) in [6, 6.07) is 0. The maximum atomic E-state index is 11.3. The van der Waals surface area contributed by atoms with Crippen molar-refractivity contribution in [3.05, 3.63) is 18.1 Å². The quantitative estimate of drug-likeness (QED) is 0.699. The average Bonchev–Trinajstić information content (AvgIpc) is 2.38. The van der Waals surface area contributed by atoms with Gasteiger partial charge in [-0.1, -0.05) is 0 Å². The van der Waals surface area contributed by atoms with Gasteiger partial charge in [-0.15, -0.1) is 0 Å². The Hall–Kier alpha value is -1.73. The molecule has 7 nitrogen and oxygen atoms in total. The van der Waals surface area contributed by atoms with Gasteiger partial charge >= 0.3 is 5.97 Å². The topological polar surface area (TPSA) is 84.8 Å². The summed E-state index contributed by atoms with van der Waals surface area (Å²) in [6.07, 6.45) is 2.20. The Balaban J connectivity index is 2.73. The summed E-state index contributed by atoms with van der Waals surface area (Å²) in [6.45, 7) is 0.557. The van der Waals surface area contributed by atoms with E-state index < -0.39 is 12.1 Å². The minimum Gasteiger partial charge on any atom is -0.464 e. The Labute approximate surface area is 105 Å². The van der Waals surface area contributed by atoms with Gasteiger partial charge in [-0.3, -0.25) is 4.98 Å². The Morgan fingerprint density at radius 2 is 2.22 bits per heavy atom. The predicted molar refractivity (Wildman–Crippen MR) is 64.5 cm³/mol. The lowest BCUT2D eigenvalue weighted by molar-refractivity contribution is 0.0593. The van der Waals surface area contributed by atoms with Crippen LogP contribution in [0.3, 0.4) is 0 Å². The molecule has 0 saturated heterocycles. The van der Waals surface area contributed by atoms with E-state index in [9.17, 15) is 9.90 Å². The number of hydrogen-bond donors (Lipinski definition) is 1. The van der Waals surface area contributed by atoms with E-state index in [4.69, 9.17) is 4.74 Å². The molecular formula is C11H17N3O4. The number of hydrogen-bond acceptors (Lipinski definition) is 7. The number of likely N-dealkylation sites (N-methyl/N-ethyl adjacent to an activating group) is 1. The van der Waals surface area contributed by atoms with Crippen molar-refractivity contribution in [1.82, 2.24) is 9.97 Å². The molecule has 0 aliphatic heterocycles. The van der Waals surface area contributed by atoms with Crippen LogP contribution >= 0.6 is 0 Å². The number of ether oxygens (including phenoxy) is 2. The van der Waals surface area contributed by atoms with E-state index in [0.717, 1.165) is 0 Å². The molecule has 1 aromatic heterocycles. The Morgan fingerprint density at radius 3 is 2.83 bits per heavy atom. The molecule has 1 heterocycles. The van der Waals surface area contributed by atoms with Crippen molar-refractivity contribution < 1.29 is 19.4 Å². The molecule has 1 rings (SSSR count). The minimum atomic E-state index is -0.636. The van der Waals surface area contributed by atoms with Crippen LogP contribution in [0.4, 0.5) is 5.82 Å². The normalized spacial score (nSPS) is 12.0. The van der Waals surface area contributed by atoms with Crippen LogP contribution in [0.15, 0.2) is 12.4 Å². The van der Waals surface area contributed by atoms with Gasteiger partial charge in [0.15, 0.2) is 5.69 Å². The fraction of sp³-hybridized carbons (Fsp3) is 0.545. The SMILES string of the molecule is COCC(O)CN(C)c1cncc(C(=O)OC)n1. The number of aliphatic hydroxyl groups excluding tert-OH is 1. The number of anilines is 1. The molecule has 0 spiro atoms. The highest BCUT2D eigenvalue weighted by Crippen LogP contribution is 2.09. The summed E-state index contributed by atoms with van der Waals surface area (Å²) in [5.41, 5.74) is 0.128. The first-order chi connectivity index (χ1) is 8.58. The molecule has 1 aromatic rings. The van der Waals surface area contributed by atoms with Crippen LogP contribution < -0.4 is 4.90 Å². The molecular weight excluding hydrogens is 238 g/mol. The summed E-state index contributed by atoms with van der Waals surface area (Å²) in [5, 5.41) is 9.60. The van der Waals surface area contributed by atoms with E-state index in [2.05, 4.69) is 14.7 Å². The molecule has 0 amide bonds. The molecule has 0 aliphatic carbocycles. The molecule has 1 unspecified atom stereocenters. The third-order valence-corrected chi connectivity index (χ3v) is 2.25. The summed E-state index contributed by atoms with van der Waals surface area (Å²) >= 11 is 0. The average molecular weight is 255 g/mol. The zero-order valence-corrected chi connectivity index (χ0v) is 10.7. The van der Waals surface area contributed by atoms with Crippen molar-refractivity contribution in [2.75, 3.05) is 39.3 Å². The molecule has 7 heteroatoms. The van der Waals surface area contributed by atoms with Crippen LogP contribution in [0.25, 0.3) is 0 Å². The molecule has 0 bridgehead atoms. The van der Waals surface area contributed by atoms with Crippen LogP contribution in [-0.4, -0.2) is 61.6 Å². The van der Waals surface area contributed by atoms with E-state index in [1.807, 2.05) is 0 Å². The summed E-state index contributed by atoms with van der Waals surface area (Å²) in [4.78, 5) is 21.0. The maximum Gasteiger partial charge on any atom is 0.358 e. The monoisotopic (exact) mass is 255 g/mol. The fourth-order valence-electron chi connectivity index (χ4n) is 1.40. The number of esters is 1. The largest absolute Gasteiger partial charge is 0.464 e. The van der Waals surface area contributed by atoms with Crippen molar-refractivity contribution in [2.24, 2.45) is 0 Å². The summed E-state index contributed by atoms with van der Waals surface area (Å²) in [7, 11) is 4.54. The van der Waals surface area contributed by atoms with E-state index >= 15 is 0 Å². The number of nitrogens with zero attached hydrogens (tertiary/aromatic N) is 3. The Morgan fingerprint density at radius 1 is 1.50 bits per heavy atom. The molecule has 100 valence electrons. The van der Waals surface area contributed by atoms with Crippen molar-refractivity contribution >= 4 is 11.8 Å². The van der Waals surface area contributed by atoms with Crippen LogP contribution in [0, 0.1) is 0 Å². The highest BCUT2D eigenvalue weighted by Gasteiger charge is 2.13. The molecule has 0 fully saturated rings. The van der Waals surface area contributed by atoms with Gasteiger partial charge in [-0.2, -0.15) is 0 Å². The zero-order chi connectivity index (χ0) is 13.5. The van der Waals surface area contributed by atoms with Gasteiger partial charge in [-0.05, 0) is 0 Å². The second-order valence-electron chi connectivity index (χ2n) is 3.74. The zero-order valence-electron chi connectivity index (χ0n) is 10.7. The predicted octanol–water partition coefficient (Wildman–Crippen LogP) is -0.293. The number of carbonyl (C=O) groups excluding carboxylic acids is 1. The lowest BCUT2D eigenvalue weighted by Gasteiger charge is -2.21. The van der Waals surface area contributed by atoms with Gasteiger partial charge in [-0.25, -0.2) is 9.78 Å². The third-order valence-electron chi connectivity index (χ3n) is 2.25. The van der Waals surface area contributed by atoms with Gasteiger partial charge < -0.3 is 19.5 Å². The lowest BCUT2D eigenvalue weighted by Crippen LogP contribution is -2.32. The van der Waals surface area contributed by atoms with Crippen LogP contribution in [0.2, 0.25) is 0 Å². The van der Waals surface area contributed by atoms with Crippen molar-refractivity contribution in [2.45, 2.75) is 6.10 Å².